The lowest BCUT2D eigenvalue weighted by atomic mass is 10.0. The maximum absolute atomic E-state index is 12.9. The number of likely N-dealkylation sites (tertiary alicyclic amines) is 1. The van der Waals surface area contributed by atoms with Gasteiger partial charge in [0.2, 0.25) is 0 Å². The Morgan fingerprint density at radius 2 is 1.82 bits per heavy atom. The molecule has 0 aromatic rings. The summed E-state index contributed by atoms with van der Waals surface area (Å²) < 4.78 is 49.8. The summed E-state index contributed by atoms with van der Waals surface area (Å²) in [5.41, 5.74) is 0. The third-order valence-electron chi connectivity index (χ3n) is 3.12. The summed E-state index contributed by atoms with van der Waals surface area (Å²) in [5, 5.41) is 0. The first-order valence-electron chi connectivity index (χ1n) is 5.38. The second-order valence-corrected chi connectivity index (χ2v) is 4.37. The average Bonchev–Trinajstić information content (AvgIpc) is 2.27. The first kappa shape index (κ1) is 14.2. The van der Waals surface area contributed by atoms with Crippen LogP contribution in [0.25, 0.3) is 0 Å². The number of carbonyl (C=O) groups is 1. The number of hydrogen-bond donors (Lipinski definition) is 0. The molecule has 1 rings (SSSR count). The van der Waals surface area contributed by atoms with Crippen LogP contribution >= 0.6 is 0 Å². The third kappa shape index (κ3) is 3.08. The lowest BCUT2D eigenvalue weighted by Gasteiger charge is -2.36. The van der Waals surface area contributed by atoms with Crippen molar-refractivity contribution in [1.82, 2.24) is 9.80 Å². The quantitative estimate of drug-likeness (QED) is 0.713. The second-order valence-electron chi connectivity index (χ2n) is 4.37. The molecular formula is C10H16F4N2O. The first-order chi connectivity index (χ1) is 7.76. The van der Waals surface area contributed by atoms with Crippen LogP contribution in [0.5, 0.6) is 0 Å². The van der Waals surface area contributed by atoms with Crippen LogP contribution < -0.4 is 0 Å². The molecule has 100 valence electrons. The van der Waals surface area contributed by atoms with Crippen LogP contribution in [0.1, 0.15) is 12.8 Å². The fraction of sp³-hybridized carbons (Fsp3) is 0.900. The molecule has 3 nitrogen and oxygen atoms in total. The molecule has 7 heteroatoms. The van der Waals surface area contributed by atoms with E-state index < -0.39 is 18.3 Å². The minimum Gasteiger partial charge on any atom is -0.337 e. The van der Waals surface area contributed by atoms with Crippen LogP contribution in [0.15, 0.2) is 0 Å². The lowest BCUT2D eigenvalue weighted by Crippen LogP contribution is -2.52. The van der Waals surface area contributed by atoms with Gasteiger partial charge in [0.25, 0.3) is 5.91 Å². The Labute approximate surface area is 97.4 Å². The third-order valence-corrected chi connectivity index (χ3v) is 3.12. The fourth-order valence-corrected chi connectivity index (χ4v) is 1.88. The van der Waals surface area contributed by atoms with Crippen LogP contribution in [0.2, 0.25) is 0 Å². The first-order valence-corrected chi connectivity index (χ1v) is 5.38. The van der Waals surface area contributed by atoms with Gasteiger partial charge in [0.1, 0.15) is 0 Å². The minimum atomic E-state index is -4.59. The highest BCUT2D eigenvalue weighted by Gasteiger charge is 2.51. The Bertz CT molecular complexity index is 277. The molecule has 0 bridgehead atoms. The molecule has 0 aromatic heterocycles. The van der Waals surface area contributed by atoms with Crippen LogP contribution in [0.3, 0.4) is 0 Å². The highest BCUT2D eigenvalue weighted by molar-refractivity contribution is 5.84. The summed E-state index contributed by atoms with van der Waals surface area (Å²) in [6.45, 7) is 1.34. The zero-order chi connectivity index (χ0) is 13.2. The second kappa shape index (κ2) is 5.20. The van der Waals surface area contributed by atoms with E-state index in [1.165, 1.54) is 0 Å². The zero-order valence-electron chi connectivity index (χ0n) is 9.80. The predicted molar refractivity (Wildman–Crippen MR) is 54.2 cm³/mol. The number of nitrogens with zero attached hydrogens (tertiary/aromatic N) is 2. The number of amides is 1. The van der Waals surface area contributed by atoms with Gasteiger partial charge in [0.15, 0.2) is 0 Å². The highest BCUT2D eigenvalue weighted by atomic mass is 19.3. The standard InChI is InChI=1S/C10H16F4N2O/c1-15-5-3-7(4-6-15)16(2)9(17)10(13,14)8(11)12/h7-8H,3-6H2,1-2H3. The largest absolute Gasteiger partial charge is 0.383 e. The van der Waals surface area contributed by atoms with E-state index in [0.717, 1.165) is 11.9 Å². The van der Waals surface area contributed by atoms with Gasteiger partial charge in [0, 0.05) is 13.1 Å². The van der Waals surface area contributed by atoms with E-state index in [4.69, 9.17) is 0 Å². The van der Waals surface area contributed by atoms with Crippen molar-refractivity contribution in [3.8, 4) is 0 Å². The normalized spacial score (nSPS) is 19.7. The Hall–Kier alpha value is -0.850. The molecule has 0 saturated carbocycles. The van der Waals surface area contributed by atoms with Crippen LogP contribution in [0.4, 0.5) is 17.6 Å². The van der Waals surface area contributed by atoms with E-state index in [9.17, 15) is 22.4 Å². The molecule has 0 unspecified atom stereocenters. The van der Waals surface area contributed by atoms with Crippen LogP contribution in [-0.2, 0) is 4.79 Å². The average molecular weight is 256 g/mol. The van der Waals surface area contributed by atoms with Gasteiger partial charge >= 0.3 is 12.3 Å². The fourth-order valence-electron chi connectivity index (χ4n) is 1.88. The van der Waals surface area contributed by atoms with Gasteiger partial charge in [-0.3, -0.25) is 4.79 Å². The van der Waals surface area contributed by atoms with E-state index >= 15 is 0 Å². The molecule has 1 heterocycles. The maximum Gasteiger partial charge on any atom is 0.383 e. The highest BCUT2D eigenvalue weighted by Crippen LogP contribution is 2.27. The van der Waals surface area contributed by atoms with Gasteiger partial charge in [-0.05, 0) is 33.0 Å². The molecule has 0 aliphatic carbocycles. The minimum absolute atomic E-state index is 0.386. The van der Waals surface area contributed by atoms with Crippen molar-refractivity contribution in [2.75, 3.05) is 27.2 Å². The summed E-state index contributed by atoms with van der Waals surface area (Å²) in [6, 6.07) is -0.386. The van der Waals surface area contributed by atoms with Gasteiger partial charge in [0.05, 0.1) is 0 Å². The Morgan fingerprint density at radius 3 is 2.24 bits per heavy atom. The monoisotopic (exact) mass is 256 g/mol. The molecule has 1 aliphatic heterocycles. The summed E-state index contributed by atoms with van der Waals surface area (Å²) in [4.78, 5) is 14.0. The maximum atomic E-state index is 12.9. The van der Waals surface area contributed by atoms with Crippen molar-refractivity contribution in [3.63, 3.8) is 0 Å². The summed E-state index contributed by atoms with van der Waals surface area (Å²) in [7, 11) is 3.04. The molecule has 17 heavy (non-hydrogen) atoms. The van der Waals surface area contributed by atoms with Crippen molar-refractivity contribution < 1.29 is 22.4 Å². The predicted octanol–water partition coefficient (Wildman–Crippen LogP) is 1.44. The summed E-state index contributed by atoms with van der Waals surface area (Å²) in [6.07, 6.45) is -2.90. The number of rotatable bonds is 3. The van der Waals surface area contributed by atoms with E-state index in [0.29, 0.717) is 25.9 Å². The van der Waals surface area contributed by atoms with E-state index in [1.54, 1.807) is 0 Å². The Balaban J connectivity index is 2.64. The zero-order valence-corrected chi connectivity index (χ0v) is 9.80. The van der Waals surface area contributed by atoms with Crippen LogP contribution in [-0.4, -0.2) is 61.3 Å². The topological polar surface area (TPSA) is 23.6 Å². The molecule has 1 saturated heterocycles. The molecule has 1 aliphatic rings. The number of hydrogen-bond acceptors (Lipinski definition) is 2. The number of piperidine rings is 1. The van der Waals surface area contributed by atoms with Crippen molar-refractivity contribution in [2.45, 2.75) is 31.2 Å². The number of alkyl halides is 4. The van der Waals surface area contributed by atoms with Gasteiger partial charge in [-0.25, -0.2) is 8.78 Å². The van der Waals surface area contributed by atoms with E-state index in [1.807, 2.05) is 11.9 Å². The SMILES string of the molecule is CN1CCC(N(C)C(=O)C(F)(F)C(F)F)CC1. The van der Waals surface area contributed by atoms with Crippen LogP contribution in [0, 0.1) is 0 Å². The van der Waals surface area contributed by atoms with Gasteiger partial charge in [-0.1, -0.05) is 0 Å². The lowest BCUT2D eigenvalue weighted by molar-refractivity contribution is -0.182. The molecule has 0 spiro atoms. The number of carbonyl (C=O) groups excluding carboxylic acids is 1. The van der Waals surface area contributed by atoms with Crippen molar-refractivity contribution in [2.24, 2.45) is 0 Å². The molecule has 1 amide bonds. The smallest absolute Gasteiger partial charge is 0.337 e. The summed E-state index contributed by atoms with van der Waals surface area (Å²) >= 11 is 0. The van der Waals surface area contributed by atoms with Gasteiger partial charge < -0.3 is 9.80 Å². The van der Waals surface area contributed by atoms with Crippen molar-refractivity contribution in [3.05, 3.63) is 0 Å². The molecule has 0 N–H and O–H groups in total. The number of halogens is 4. The van der Waals surface area contributed by atoms with Gasteiger partial charge in [-0.2, -0.15) is 8.78 Å². The molecule has 0 radical (unpaired) electrons. The Kier molecular flexibility index (Phi) is 4.35. The van der Waals surface area contributed by atoms with Crippen molar-refractivity contribution in [1.29, 1.82) is 0 Å². The molecule has 1 fully saturated rings. The molecule has 0 aromatic carbocycles. The summed E-state index contributed by atoms with van der Waals surface area (Å²) in [5.74, 6) is -6.37. The van der Waals surface area contributed by atoms with E-state index in [2.05, 4.69) is 0 Å². The molecular weight excluding hydrogens is 240 g/mol. The Morgan fingerprint density at radius 1 is 1.35 bits per heavy atom. The van der Waals surface area contributed by atoms with E-state index in [-0.39, 0.29) is 6.04 Å². The molecule has 0 atom stereocenters. The van der Waals surface area contributed by atoms with Gasteiger partial charge in [-0.15, -0.1) is 0 Å². The van der Waals surface area contributed by atoms with Crippen molar-refractivity contribution >= 4 is 5.91 Å².